The predicted molar refractivity (Wildman–Crippen MR) is 81.2 cm³/mol. The predicted octanol–water partition coefficient (Wildman–Crippen LogP) is 4.01. The highest BCUT2D eigenvalue weighted by molar-refractivity contribution is 5.84. The van der Waals surface area contributed by atoms with Crippen LogP contribution in [0, 0.1) is 11.3 Å². The maximum Gasteiger partial charge on any atom is 0.229 e. The third-order valence-corrected chi connectivity index (χ3v) is 5.46. The van der Waals surface area contributed by atoms with Gasteiger partial charge in [-0.2, -0.15) is 0 Å². The van der Waals surface area contributed by atoms with Gasteiger partial charge in [0.1, 0.15) is 0 Å². The molecule has 0 bridgehead atoms. The van der Waals surface area contributed by atoms with Crippen molar-refractivity contribution >= 4 is 5.91 Å². The van der Waals surface area contributed by atoms with Crippen molar-refractivity contribution in [2.24, 2.45) is 11.3 Å². The number of carbonyl (C=O) groups excluding carboxylic acids is 1. The molecule has 2 aliphatic rings. The van der Waals surface area contributed by atoms with E-state index in [4.69, 9.17) is 0 Å². The van der Waals surface area contributed by atoms with Gasteiger partial charge in [-0.05, 0) is 43.6 Å². The van der Waals surface area contributed by atoms with Crippen molar-refractivity contribution in [2.45, 2.75) is 52.0 Å². The minimum Gasteiger partial charge on any atom is -0.338 e. The van der Waals surface area contributed by atoms with Gasteiger partial charge in [0.05, 0.1) is 5.41 Å². The van der Waals surface area contributed by atoms with E-state index in [1.165, 1.54) is 24.8 Å². The van der Waals surface area contributed by atoms with Crippen molar-refractivity contribution in [3.8, 4) is 0 Å². The topological polar surface area (TPSA) is 20.3 Å². The fourth-order valence-corrected chi connectivity index (χ4v) is 3.95. The number of hydrogen-bond donors (Lipinski definition) is 0. The third-order valence-electron chi connectivity index (χ3n) is 5.46. The monoisotopic (exact) mass is 271 g/mol. The molecule has 1 aliphatic carbocycles. The van der Waals surface area contributed by atoms with Crippen molar-refractivity contribution in [1.29, 1.82) is 0 Å². The number of likely N-dealkylation sites (tertiary alicyclic amines) is 1. The van der Waals surface area contributed by atoms with Gasteiger partial charge in [-0.15, -0.1) is 0 Å². The smallest absolute Gasteiger partial charge is 0.229 e. The Balaban J connectivity index is 1.65. The van der Waals surface area contributed by atoms with Gasteiger partial charge in [0.25, 0.3) is 0 Å². The van der Waals surface area contributed by atoms with Crippen LogP contribution in [0.4, 0.5) is 0 Å². The third kappa shape index (κ3) is 2.48. The summed E-state index contributed by atoms with van der Waals surface area (Å²) >= 11 is 0. The lowest BCUT2D eigenvalue weighted by atomic mass is 9.69. The number of rotatable bonds is 3. The Morgan fingerprint density at radius 2 is 1.85 bits per heavy atom. The molecule has 1 saturated carbocycles. The number of carbonyl (C=O) groups is 1. The Labute approximate surface area is 122 Å². The van der Waals surface area contributed by atoms with E-state index in [-0.39, 0.29) is 5.41 Å². The Bertz CT molecular complexity index is 460. The van der Waals surface area contributed by atoms with Crippen molar-refractivity contribution in [1.82, 2.24) is 4.90 Å². The summed E-state index contributed by atoms with van der Waals surface area (Å²) in [4.78, 5) is 14.9. The first kappa shape index (κ1) is 13.7. The zero-order valence-corrected chi connectivity index (χ0v) is 12.5. The van der Waals surface area contributed by atoms with E-state index >= 15 is 0 Å². The molecule has 3 rings (SSSR count). The summed E-state index contributed by atoms with van der Waals surface area (Å²) in [7, 11) is 0. The summed E-state index contributed by atoms with van der Waals surface area (Å²) in [6.45, 7) is 4.02. The molecular formula is C18H25NO. The van der Waals surface area contributed by atoms with Crippen LogP contribution in [0.25, 0.3) is 0 Å². The fourth-order valence-electron chi connectivity index (χ4n) is 3.95. The fraction of sp³-hybridized carbons (Fsp3) is 0.611. The Kier molecular flexibility index (Phi) is 3.82. The molecule has 108 valence electrons. The van der Waals surface area contributed by atoms with Crippen LogP contribution < -0.4 is 0 Å². The van der Waals surface area contributed by atoms with Crippen molar-refractivity contribution in [2.75, 3.05) is 6.54 Å². The first-order valence-electron chi connectivity index (χ1n) is 8.07. The van der Waals surface area contributed by atoms with Crippen LogP contribution >= 0.6 is 0 Å². The van der Waals surface area contributed by atoms with Crippen molar-refractivity contribution in [3.05, 3.63) is 35.9 Å². The van der Waals surface area contributed by atoms with Crippen LogP contribution in [-0.4, -0.2) is 17.4 Å². The molecule has 1 heterocycles. The van der Waals surface area contributed by atoms with Crippen LogP contribution in [0.15, 0.2) is 30.3 Å². The maximum atomic E-state index is 12.8. The van der Waals surface area contributed by atoms with E-state index in [0.717, 1.165) is 38.3 Å². The molecule has 1 amide bonds. The summed E-state index contributed by atoms with van der Waals surface area (Å²) in [5, 5.41) is 0. The van der Waals surface area contributed by atoms with Gasteiger partial charge in [0.2, 0.25) is 5.91 Å². The second-order valence-corrected chi connectivity index (χ2v) is 6.59. The molecule has 1 spiro atoms. The second-order valence-electron chi connectivity index (χ2n) is 6.59. The summed E-state index contributed by atoms with van der Waals surface area (Å²) < 4.78 is 0. The van der Waals surface area contributed by atoms with Gasteiger partial charge in [-0.3, -0.25) is 4.79 Å². The molecule has 0 radical (unpaired) electrons. The van der Waals surface area contributed by atoms with Gasteiger partial charge in [-0.1, -0.05) is 43.7 Å². The average Bonchev–Trinajstić information content (AvgIpc) is 2.79. The second kappa shape index (κ2) is 5.59. The van der Waals surface area contributed by atoms with Crippen molar-refractivity contribution in [3.63, 3.8) is 0 Å². The van der Waals surface area contributed by atoms with Gasteiger partial charge in [0.15, 0.2) is 0 Å². The number of amides is 1. The molecular weight excluding hydrogens is 246 g/mol. The Morgan fingerprint density at radius 3 is 2.50 bits per heavy atom. The highest BCUT2D eigenvalue weighted by Gasteiger charge is 2.47. The minimum absolute atomic E-state index is 0.000447. The maximum absolute atomic E-state index is 12.8. The molecule has 1 aliphatic heterocycles. The number of hydrogen-bond acceptors (Lipinski definition) is 1. The first-order valence-corrected chi connectivity index (χ1v) is 8.07. The average molecular weight is 271 g/mol. The molecule has 2 nitrogen and oxygen atoms in total. The van der Waals surface area contributed by atoms with Crippen LogP contribution in [0.2, 0.25) is 0 Å². The molecule has 0 unspecified atom stereocenters. The van der Waals surface area contributed by atoms with Crippen molar-refractivity contribution < 1.29 is 4.79 Å². The van der Waals surface area contributed by atoms with Gasteiger partial charge >= 0.3 is 0 Å². The highest BCUT2D eigenvalue weighted by atomic mass is 16.2. The van der Waals surface area contributed by atoms with Crippen LogP contribution in [0.5, 0.6) is 0 Å². The molecule has 0 N–H and O–H groups in total. The van der Waals surface area contributed by atoms with E-state index in [0.29, 0.717) is 5.91 Å². The molecule has 1 aromatic carbocycles. The largest absolute Gasteiger partial charge is 0.338 e. The van der Waals surface area contributed by atoms with Gasteiger partial charge in [-0.25, -0.2) is 0 Å². The lowest BCUT2D eigenvalue weighted by molar-refractivity contribution is -0.138. The lowest BCUT2D eigenvalue weighted by Crippen LogP contribution is -2.37. The summed E-state index contributed by atoms with van der Waals surface area (Å²) in [5.74, 6) is 1.28. The Hall–Kier alpha value is -1.31. The van der Waals surface area contributed by atoms with Crippen LogP contribution in [0.3, 0.4) is 0 Å². The summed E-state index contributed by atoms with van der Waals surface area (Å²) in [6, 6.07) is 10.4. The zero-order valence-electron chi connectivity index (χ0n) is 12.5. The van der Waals surface area contributed by atoms with E-state index < -0.39 is 0 Å². The summed E-state index contributed by atoms with van der Waals surface area (Å²) in [6.07, 6.45) is 7.10. The normalized spacial score (nSPS) is 30.1. The van der Waals surface area contributed by atoms with E-state index in [2.05, 4.69) is 36.1 Å². The van der Waals surface area contributed by atoms with E-state index in [9.17, 15) is 4.79 Å². The highest BCUT2D eigenvalue weighted by Crippen LogP contribution is 2.47. The minimum atomic E-state index is 0.000447. The van der Waals surface area contributed by atoms with E-state index in [1.54, 1.807) is 0 Å². The standard InChI is InChI=1S/C18H25NO/c1-2-15-8-10-18(11-9-15)12-13-19(17(18)20)14-16-6-4-3-5-7-16/h3-7,15H,2,8-14H2,1H3. The van der Waals surface area contributed by atoms with Crippen LogP contribution in [0.1, 0.15) is 51.0 Å². The van der Waals surface area contributed by atoms with E-state index in [1.807, 2.05) is 6.07 Å². The molecule has 1 saturated heterocycles. The number of benzene rings is 1. The molecule has 0 atom stereocenters. The Morgan fingerprint density at radius 1 is 1.15 bits per heavy atom. The lowest BCUT2D eigenvalue weighted by Gasteiger charge is -2.35. The van der Waals surface area contributed by atoms with Gasteiger partial charge in [0, 0.05) is 13.1 Å². The van der Waals surface area contributed by atoms with Gasteiger partial charge < -0.3 is 4.90 Å². The molecule has 1 aromatic rings. The number of nitrogens with zero attached hydrogens (tertiary/aromatic N) is 1. The molecule has 2 fully saturated rings. The quantitative estimate of drug-likeness (QED) is 0.813. The summed E-state index contributed by atoms with van der Waals surface area (Å²) in [5.41, 5.74) is 1.25. The molecule has 2 heteroatoms. The van der Waals surface area contributed by atoms with Crippen LogP contribution in [-0.2, 0) is 11.3 Å². The first-order chi connectivity index (χ1) is 9.73. The zero-order chi connectivity index (χ0) is 14.0. The molecule has 20 heavy (non-hydrogen) atoms. The molecule has 0 aromatic heterocycles. The SMILES string of the molecule is CCC1CCC2(CC1)CCN(Cc1ccccc1)C2=O.